The van der Waals surface area contributed by atoms with E-state index >= 15 is 0 Å². The largest absolute Gasteiger partial charge is 0.508 e. The molecule has 1 fully saturated rings. The number of rotatable bonds is 7. The first-order valence-electron chi connectivity index (χ1n) is 11.6. The van der Waals surface area contributed by atoms with Crippen molar-refractivity contribution in [1.29, 1.82) is 0 Å². The third kappa shape index (κ3) is 5.11. The number of Topliss-reactive ketones (excluding diaryl/α,β-unsaturated/α-hetero) is 2. The van der Waals surface area contributed by atoms with E-state index in [2.05, 4.69) is 0 Å². The van der Waals surface area contributed by atoms with Gasteiger partial charge in [0.1, 0.15) is 17.3 Å². The Morgan fingerprint density at radius 1 is 0.914 bits per heavy atom. The topological polar surface area (TPSA) is 104 Å². The minimum atomic E-state index is -0.677. The normalized spacial score (nSPS) is 20.5. The van der Waals surface area contributed by atoms with Crippen molar-refractivity contribution in [3.8, 4) is 11.5 Å². The van der Waals surface area contributed by atoms with E-state index in [4.69, 9.17) is 5.73 Å². The average Bonchev–Trinajstić information content (AvgIpc) is 2.85. The summed E-state index contributed by atoms with van der Waals surface area (Å²) in [4.78, 5) is 29.6. The van der Waals surface area contributed by atoms with Crippen LogP contribution >= 0.6 is 0 Å². The zero-order valence-corrected chi connectivity index (χ0v) is 19.5. The summed E-state index contributed by atoms with van der Waals surface area (Å²) in [6, 6.07) is 17.0. The van der Waals surface area contributed by atoms with E-state index in [1.807, 2.05) is 4.90 Å². The van der Waals surface area contributed by atoms with E-state index in [0.29, 0.717) is 48.4 Å². The lowest BCUT2D eigenvalue weighted by atomic mass is 9.68. The predicted octanol–water partition coefficient (Wildman–Crippen LogP) is 3.90. The van der Waals surface area contributed by atoms with Crippen LogP contribution in [-0.4, -0.2) is 52.9 Å². The molecule has 0 aromatic heterocycles. The molecular weight excluding hydrogens is 447 g/mol. The van der Waals surface area contributed by atoms with Gasteiger partial charge in [-0.1, -0.05) is 36.4 Å². The molecule has 7 heteroatoms. The van der Waals surface area contributed by atoms with Gasteiger partial charge >= 0.3 is 0 Å². The van der Waals surface area contributed by atoms with Crippen molar-refractivity contribution in [3.63, 3.8) is 0 Å². The number of hydrogen-bond acceptors (Lipinski definition) is 6. The maximum atomic E-state index is 14.7. The predicted molar refractivity (Wildman–Crippen MR) is 131 cm³/mol. The van der Waals surface area contributed by atoms with Crippen LogP contribution in [0, 0.1) is 24.6 Å². The molecule has 0 aliphatic carbocycles. The molecule has 4 N–H and O–H groups in total. The number of nitrogens with zero attached hydrogens (tertiary/aromatic N) is 1. The number of piperidine rings is 1. The Morgan fingerprint density at radius 2 is 1.43 bits per heavy atom. The van der Waals surface area contributed by atoms with Gasteiger partial charge in [0.25, 0.3) is 0 Å². The molecule has 0 saturated carbocycles. The zero-order chi connectivity index (χ0) is 25.1. The van der Waals surface area contributed by atoms with Gasteiger partial charge in [0.05, 0.1) is 0 Å². The summed E-state index contributed by atoms with van der Waals surface area (Å²) < 4.78 is 14.7. The third-order valence-corrected chi connectivity index (χ3v) is 6.83. The number of nitrogens with two attached hydrogens (primary N) is 1. The van der Waals surface area contributed by atoms with Crippen LogP contribution in [0.2, 0.25) is 0 Å². The van der Waals surface area contributed by atoms with Gasteiger partial charge in [-0.2, -0.15) is 0 Å². The van der Waals surface area contributed by atoms with Crippen molar-refractivity contribution < 1.29 is 24.2 Å². The summed E-state index contributed by atoms with van der Waals surface area (Å²) in [5.74, 6) is -2.89. The fourth-order valence-corrected chi connectivity index (χ4v) is 5.16. The molecule has 1 saturated heterocycles. The minimum Gasteiger partial charge on any atom is -0.508 e. The molecule has 6 nitrogen and oxygen atoms in total. The van der Waals surface area contributed by atoms with E-state index in [-0.39, 0.29) is 23.1 Å². The van der Waals surface area contributed by atoms with Crippen molar-refractivity contribution in [1.82, 2.24) is 4.90 Å². The van der Waals surface area contributed by atoms with Crippen molar-refractivity contribution >= 4 is 11.6 Å². The van der Waals surface area contributed by atoms with Crippen LogP contribution < -0.4 is 5.73 Å². The second kappa shape index (κ2) is 10.4. The number of ketones is 2. The SMILES string of the molecule is Cc1c(F)cccc1C1[C@@H](C(=O)c2cccc(O)c2)CN(CCN)C[C@H]1C(=O)c1cccc(O)c1. The number of carbonyl (C=O) groups is 2. The molecule has 3 atom stereocenters. The number of carbonyl (C=O) groups excluding carboxylic acids is 2. The molecule has 0 amide bonds. The molecule has 0 radical (unpaired) electrons. The van der Waals surface area contributed by atoms with Crippen molar-refractivity contribution in [2.45, 2.75) is 12.8 Å². The molecule has 4 rings (SSSR count). The quantitative estimate of drug-likeness (QED) is 0.447. The van der Waals surface area contributed by atoms with E-state index < -0.39 is 23.6 Å². The molecule has 0 spiro atoms. The number of phenols is 2. The van der Waals surface area contributed by atoms with Gasteiger partial charge in [-0.3, -0.25) is 9.59 Å². The zero-order valence-electron chi connectivity index (χ0n) is 19.5. The molecule has 1 heterocycles. The van der Waals surface area contributed by atoms with Crippen LogP contribution in [0.25, 0.3) is 0 Å². The lowest BCUT2D eigenvalue weighted by Crippen LogP contribution is -2.51. The lowest BCUT2D eigenvalue weighted by molar-refractivity contribution is 0.0578. The molecule has 182 valence electrons. The van der Waals surface area contributed by atoms with Crippen LogP contribution in [0.1, 0.15) is 37.8 Å². The molecule has 1 aliphatic heterocycles. The fraction of sp³-hybridized carbons (Fsp3) is 0.286. The molecule has 3 aromatic rings. The maximum absolute atomic E-state index is 14.7. The first-order valence-corrected chi connectivity index (χ1v) is 11.6. The molecule has 35 heavy (non-hydrogen) atoms. The van der Waals surface area contributed by atoms with Crippen LogP contribution in [0.4, 0.5) is 4.39 Å². The van der Waals surface area contributed by atoms with Gasteiger partial charge in [-0.25, -0.2) is 4.39 Å². The van der Waals surface area contributed by atoms with Crippen molar-refractivity contribution in [2.75, 3.05) is 26.2 Å². The average molecular weight is 477 g/mol. The third-order valence-electron chi connectivity index (χ3n) is 6.83. The Hall–Kier alpha value is -3.55. The van der Waals surface area contributed by atoms with Crippen LogP contribution in [0.3, 0.4) is 0 Å². The van der Waals surface area contributed by atoms with Crippen LogP contribution in [0.5, 0.6) is 11.5 Å². The Kier molecular flexibility index (Phi) is 7.28. The molecule has 0 bridgehead atoms. The van der Waals surface area contributed by atoms with Crippen molar-refractivity contribution in [2.24, 2.45) is 17.6 Å². The van der Waals surface area contributed by atoms with E-state index in [9.17, 15) is 24.2 Å². The number of phenolic OH excluding ortho intramolecular Hbond substituents is 2. The highest BCUT2D eigenvalue weighted by molar-refractivity contribution is 6.02. The first kappa shape index (κ1) is 24.6. The Balaban J connectivity index is 1.86. The highest BCUT2D eigenvalue weighted by Crippen LogP contribution is 2.42. The Bertz CT molecular complexity index is 1180. The highest BCUT2D eigenvalue weighted by atomic mass is 19.1. The summed E-state index contributed by atoms with van der Waals surface area (Å²) in [5.41, 5.74) is 7.48. The van der Waals surface area contributed by atoms with Gasteiger partial charge in [0.15, 0.2) is 11.6 Å². The van der Waals surface area contributed by atoms with Gasteiger partial charge in [0.2, 0.25) is 0 Å². The number of aromatic hydroxyl groups is 2. The standard InChI is InChI=1S/C28H29FN2O4/c1-17-22(9-4-10-25(17)29)26-23(27(34)18-5-2-7-20(32)13-18)15-31(12-11-30)16-24(26)28(35)19-6-3-8-21(33)14-19/h2-10,13-14,23-24,26,32-33H,11-12,15-16,30H2,1H3/t23-,24+,26?. The van der Waals surface area contributed by atoms with E-state index in [1.54, 1.807) is 43.3 Å². The summed E-state index contributed by atoms with van der Waals surface area (Å²) in [5, 5.41) is 19.9. The Labute approximate surface area is 203 Å². The lowest BCUT2D eigenvalue weighted by Gasteiger charge is -2.43. The monoisotopic (exact) mass is 476 g/mol. The van der Waals surface area contributed by atoms with Crippen LogP contribution in [-0.2, 0) is 0 Å². The van der Waals surface area contributed by atoms with Gasteiger partial charge in [-0.15, -0.1) is 0 Å². The van der Waals surface area contributed by atoms with Gasteiger partial charge in [0, 0.05) is 55.1 Å². The fourth-order valence-electron chi connectivity index (χ4n) is 5.16. The van der Waals surface area contributed by atoms with E-state index in [1.165, 1.54) is 30.3 Å². The number of likely N-dealkylation sites (tertiary alicyclic amines) is 1. The summed E-state index contributed by atoms with van der Waals surface area (Å²) in [6.07, 6.45) is 0. The summed E-state index contributed by atoms with van der Waals surface area (Å²) >= 11 is 0. The minimum absolute atomic E-state index is 0.0312. The second-order valence-electron chi connectivity index (χ2n) is 9.07. The van der Waals surface area contributed by atoms with Gasteiger partial charge in [-0.05, 0) is 48.4 Å². The smallest absolute Gasteiger partial charge is 0.167 e. The highest BCUT2D eigenvalue weighted by Gasteiger charge is 2.45. The summed E-state index contributed by atoms with van der Waals surface area (Å²) in [7, 11) is 0. The molecule has 1 aliphatic rings. The first-order chi connectivity index (χ1) is 16.8. The summed E-state index contributed by atoms with van der Waals surface area (Å²) in [6.45, 7) is 3.18. The molecule has 1 unspecified atom stereocenters. The number of hydrogen-bond donors (Lipinski definition) is 3. The second-order valence-corrected chi connectivity index (χ2v) is 9.07. The number of halogens is 1. The van der Waals surface area contributed by atoms with Crippen molar-refractivity contribution in [3.05, 3.63) is 94.8 Å². The molecular formula is C28H29FN2O4. The number of benzene rings is 3. The van der Waals surface area contributed by atoms with Gasteiger partial charge < -0.3 is 20.8 Å². The maximum Gasteiger partial charge on any atom is 0.167 e. The van der Waals surface area contributed by atoms with E-state index in [0.717, 1.165) is 0 Å². The van der Waals surface area contributed by atoms with Crippen LogP contribution in [0.15, 0.2) is 66.7 Å². The Morgan fingerprint density at radius 3 is 1.91 bits per heavy atom. The molecule has 3 aromatic carbocycles.